The van der Waals surface area contributed by atoms with E-state index in [4.69, 9.17) is 0 Å². The summed E-state index contributed by atoms with van der Waals surface area (Å²) in [4.78, 5) is 21.8. The standard InChI is InChI=1S/C10H8BrNO3/c11-8-5-4-6-7(10(8)13)2-1-3-9(6)12(14)15/h1-3,8H,4-5H2. The van der Waals surface area contributed by atoms with Crippen molar-refractivity contribution in [3.63, 3.8) is 0 Å². The van der Waals surface area contributed by atoms with Gasteiger partial charge in [0.15, 0.2) is 5.78 Å². The molecular formula is C10H8BrNO3. The minimum Gasteiger partial charge on any atom is -0.293 e. The molecule has 0 saturated carbocycles. The van der Waals surface area contributed by atoms with Crippen molar-refractivity contribution in [3.05, 3.63) is 39.4 Å². The molecule has 1 aromatic carbocycles. The van der Waals surface area contributed by atoms with Crippen molar-refractivity contribution in [2.45, 2.75) is 17.7 Å². The average Bonchev–Trinajstić information content (AvgIpc) is 2.23. The van der Waals surface area contributed by atoms with Crippen molar-refractivity contribution in [2.75, 3.05) is 0 Å². The number of nitro groups is 1. The number of hydrogen-bond acceptors (Lipinski definition) is 3. The van der Waals surface area contributed by atoms with Crippen molar-refractivity contribution < 1.29 is 9.72 Å². The predicted molar refractivity (Wildman–Crippen MR) is 58.5 cm³/mol. The Morgan fingerprint density at radius 3 is 2.87 bits per heavy atom. The zero-order valence-electron chi connectivity index (χ0n) is 7.77. The van der Waals surface area contributed by atoms with E-state index in [9.17, 15) is 14.9 Å². The van der Waals surface area contributed by atoms with Gasteiger partial charge in [-0.25, -0.2) is 0 Å². The molecule has 0 bridgehead atoms. The van der Waals surface area contributed by atoms with Gasteiger partial charge in [-0.15, -0.1) is 0 Å². The van der Waals surface area contributed by atoms with Crippen LogP contribution in [0.25, 0.3) is 0 Å². The highest BCUT2D eigenvalue weighted by Gasteiger charge is 2.29. The zero-order chi connectivity index (χ0) is 11.0. The smallest absolute Gasteiger partial charge is 0.273 e. The maximum atomic E-state index is 11.7. The van der Waals surface area contributed by atoms with Crippen molar-refractivity contribution in [2.24, 2.45) is 0 Å². The monoisotopic (exact) mass is 269 g/mol. The third kappa shape index (κ3) is 1.67. The van der Waals surface area contributed by atoms with Gasteiger partial charge in [0.05, 0.1) is 9.75 Å². The summed E-state index contributed by atoms with van der Waals surface area (Å²) in [5.74, 6) is -0.0556. The number of rotatable bonds is 1. The predicted octanol–water partition coefficient (Wildman–Crippen LogP) is 2.49. The molecule has 0 saturated heterocycles. The summed E-state index contributed by atoms with van der Waals surface area (Å²) in [6.45, 7) is 0. The highest BCUT2D eigenvalue weighted by atomic mass is 79.9. The molecule has 15 heavy (non-hydrogen) atoms. The van der Waals surface area contributed by atoms with Crippen LogP contribution >= 0.6 is 15.9 Å². The molecule has 0 heterocycles. The molecule has 0 radical (unpaired) electrons. The number of carbonyl (C=O) groups is 1. The molecule has 0 aromatic heterocycles. The van der Waals surface area contributed by atoms with E-state index in [1.807, 2.05) is 0 Å². The Morgan fingerprint density at radius 1 is 1.47 bits per heavy atom. The molecule has 0 spiro atoms. The molecule has 5 heteroatoms. The van der Waals surface area contributed by atoms with Crippen LogP contribution < -0.4 is 0 Å². The third-order valence-corrected chi connectivity index (χ3v) is 3.42. The van der Waals surface area contributed by atoms with Gasteiger partial charge in [-0.1, -0.05) is 28.1 Å². The van der Waals surface area contributed by atoms with E-state index in [1.165, 1.54) is 6.07 Å². The first-order valence-electron chi connectivity index (χ1n) is 4.56. The van der Waals surface area contributed by atoms with Crippen molar-refractivity contribution >= 4 is 27.4 Å². The molecule has 1 aliphatic rings. The number of benzene rings is 1. The summed E-state index contributed by atoms with van der Waals surface area (Å²) < 4.78 is 0. The molecule has 0 N–H and O–H groups in total. The lowest BCUT2D eigenvalue weighted by Crippen LogP contribution is -2.23. The number of carbonyl (C=O) groups excluding carboxylic acids is 1. The number of nitro benzene ring substituents is 1. The van der Waals surface area contributed by atoms with Gasteiger partial charge in [0.2, 0.25) is 0 Å². The van der Waals surface area contributed by atoms with E-state index in [0.717, 1.165) is 0 Å². The summed E-state index contributed by atoms with van der Waals surface area (Å²) >= 11 is 3.27. The highest BCUT2D eigenvalue weighted by molar-refractivity contribution is 9.10. The van der Waals surface area contributed by atoms with Gasteiger partial charge in [0.25, 0.3) is 5.69 Å². The number of fused-ring (bicyclic) bond motifs is 1. The van der Waals surface area contributed by atoms with Crippen LogP contribution in [0, 0.1) is 10.1 Å². The third-order valence-electron chi connectivity index (χ3n) is 2.55. The Morgan fingerprint density at radius 2 is 2.20 bits per heavy atom. The van der Waals surface area contributed by atoms with Crippen molar-refractivity contribution in [1.82, 2.24) is 0 Å². The quantitative estimate of drug-likeness (QED) is 0.447. The van der Waals surface area contributed by atoms with E-state index < -0.39 is 4.92 Å². The van der Waals surface area contributed by atoms with Gasteiger partial charge in [-0.2, -0.15) is 0 Å². The Hall–Kier alpha value is -1.23. The molecule has 1 unspecified atom stereocenters. The Balaban J connectivity index is 2.58. The first-order valence-corrected chi connectivity index (χ1v) is 5.47. The molecule has 78 valence electrons. The van der Waals surface area contributed by atoms with Crippen LogP contribution in [0.4, 0.5) is 5.69 Å². The number of hydrogen-bond donors (Lipinski definition) is 0. The number of Topliss-reactive ketones (excluding diaryl/α,β-unsaturated/α-hetero) is 1. The van der Waals surface area contributed by atoms with Crippen LogP contribution in [0.15, 0.2) is 18.2 Å². The second-order valence-corrected chi connectivity index (χ2v) is 4.54. The Labute approximate surface area is 94.6 Å². The molecule has 4 nitrogen and oxygen atoms in total. The lowest BCUT2D eigenvalue weighted by molar-refractivity contribution is -0.385. The Bertz CT molecular complexity index is 444. The largest absolute Gasteiger partial charge is 0.293 e. The topological polar surface area (TPSA) is 60.2 Å². The van der Waals surface area contributed by atoms with Crippen LogP contribution in [-0.2, 0) is 6.42 Å². The summed E-state index contributed by atoms with van der Waals surface area (Å²) in [5.41, 5.74) is 1.11. The van der Waals surface area contributed by atoms with Crippen LogP contribution in [0.3, 0.4) is 0 Å². The molecule has 0 fully saturated rings. The maximum Gasteiger partial charge on any atom is 0.273 e. The van der Waals surface area contributed by atoms with Crippen LogP contribution in [0.2, 0.25) is 0 Å². The minimum atomic E-state index is -0.430. The maximum absolute atomic E-state index is 11.7. The normalized spacial score (nSPS) is 19.8. The number of ketones is 1. The second-order valence-electron chi connectivity index (χ2n) is 3.43. The Kier molecular flexibility index (Phi) is 2.56. The zero-order valence-corrected chi connectivity index (χ0v) is 9.36. The van der Waals surface area contributed by atoms with Gasteiger partial charge in [-0.05, 0) is 12.8 Å². The molecule has 1 aromatic rings. The van der Waals surface area contributed by atoms with Gasteiger partial charge in [-0.3, -0.25) is 14.9 Å². The molecule has 2 rings (SSSR count). The summed E-state index contributed by atoms with van der Waals surface area (Å²) in [5, 5.41) is 10.7. The van der Waals surface area contributed by atoms with Crippen LogP contribution in [0.1, 0.15) is 22.3 Å². The molecular weight excluding hydrogens is 262 g/mol. The van der Waals surface area contributed by atoms with Crippen LogP contribution in [0.5, 0.6) is 0 Å². The fourth-order valence-electron chi connectivity index (χ4n) is 1.81. The van der Waals surface area contributed by atoms with Crippen LogP contribution in [-0.4, -0.2) is 15.5 Å². The molecule has 0 aliphatic heterocycles. The average molecular weight is 270 g/mol. The number of nitrogens with zero attached hydrogens (tertiary/aromatic N) is 1. The summed E-state index contributed by atoms with van der Waals surface area (Å²) in [6, 6.07) is 4.65. The van der Waals surface area contributed by atoms with Crippen molar-refractivity contribution in [3.8, 4) is 0 Å². The molecule has 0 amide bonds. The SMILES string of the molecule is O=C1c2cccc([N+](=O)[O-])c2CCC1Br. The summed E-state index contributed by atoms with van der Waals surface area (Å²) in [6.07, 6.45) is 1.20. The first kappa shape index (κ1) is 10.3. The molecule has 1 aliphatic carbocycles. The fraction of sp³-hybridized carbons (Fsp3) is 0.300. The van der Waals surface area contributed by atoms with Gasteiger partial charge in [0, 0.05) is 17.2 Å². The van der Waals surface area contributed by atoms with Crippen molar-refractivity contribution in [1.29, 1.82) is 0 Å². The summed E-state index contributed by atoms with van der Waals surface area (Å²) in [7, 11) is 0. The minimum absolute atomic E-state index is 0.0556. The second kappa shape index (κ2) is 3.73. The van der Waals surface area contributed by atoms with Gasteiger partial charge >= 0.3 is 0 Å². The lowest BCUT2D eigenvalue weighted by Gasteiger charge is -2.18. The highest BCUT2D eigenvalue weighted by Crippen LogP contribution is 2.31. The van der Waals surface area contributed by atoms with E-state index in [0.29, 0.717) is 24.0 Å². The number of alkyl halides is 1. The molecule has 1 atom stereocenters. The fourth-order valence-corrected chi connectivity index (χ4v) is 2.29. The number of halogens is 1. The van der Waals surface area contributed by atoms with Gasteiger partial charge in [0.1, 0.15) is 0 Å². The van der Waals surface area contributed by atoms with E-state index in [2.05, 4.69) is 15.9 Å². The van der Waals surface area contributed by atoms with E-state index in [-0.39, 0.29) is 16.3 Å². The van der Waals surface area contributed by atoms with E-state index >= 15 is 0 Å². The first-order chi connectivity index (χ1) is 7.11. The van der Waals surface area contributed by atoms with E-state index in [1.54, 1.807) is 12.1 Å². The van der Waals surface area contributed by atoms with Gasteiger partial charge < -0.3 is 0 Å². The lowest BCUT2D eigenvalue weighted by atomic mass is 9.89.